The van der Waals surface area contributed by atoms with Crippen LogP contribution in [-0.2, 0) is 0 Å². The SMILES string of the molecule is C=C(NCC1CCC(C2=CC=CC2)CC1)c1ncn2c(N)cc(C)nc12. The van der Waals surface area contributed by atoms with Crippen LogP contribution in [0.4, 0.5) is 5.82 Å². The second-order valence-corrected chi connectivity index (χ2v) is 7.56. The van der Waals surface area contributed by atoms with Crippen LogP contribution in [0.15, 0.2) is 42.8 Å². The van der Waals surface area contributed by atoms with Crippen LogP contribution in [0.25, 0.3) is 11.3 Å². The monoisotopic (exact) mass is 349 g/mol. The van der Waals surface area contributed by atoms with Gasteiger partial charge in [0.1, 0.15) is 17.8 Å². The van der Waals surface area contributed by atoms with Gasteiger partial charge in [-0.1, -0.05) is 30.4 Å². The first-order valence-electron chi connectivity index (χ1n) is 9.50. The highest BCUT2D eigenvalue weighted by atomic mass is 15.1. The van der Waals surface area contributed by atoms with Crippen molar-refractivity contribution in [2.24, 2.45) is 11.8 Å². The van der Waals surface area contributed by atoms with Crippen molar-refractivity contribution in [2.45, 2.75) is 39.0 Å². The zero-order chi connectivity index (χ0) is 18.1. The van der Waals surface area contributed by atoms with Crippen LogP contribution in [0, 0.1) is 18.8 Å². The van der Waals surface area contributed by atoms with Crippen molar-refractivity contribution >= 4 is 17.2 Å². The van der Waals surface area contributed by atoms with Gasteiger partial charge in [0, 0.05) is 18.3 Å². The number of nitrogens with two attached hydrogens (primary N) is 1. The summed E-state index contributed by atoms with van der Waals surface area (Å²) in [5.41, 5.74) is 11.0. The molecule has 0 atom stereocenters. The molecule has 136 valence electrons. The lowest BCUT2D eigenvalue weighted by Crippen LogP contribution is -2.26. The number of nitrogen functional groups attached to an aromatic ring is 1. The van der Waals surface area contributed by atoms with Gasteiger partial charge >= 0.3 is 0 Å². The summed E-state index contributed by atoms with van der Waals surface area (Å²) in [6, 6.07) is 1.85. The lowest BCUT2D eigenvalue weighted by molar-refractivity contribution is 0.298. The number of allylic oxidation sites excluding steroid dienone is 4. The number of hydrogen-bond donors (Lipinski definition) is 2. The Morgan fingerprint density at radius 2 is 2.15 bits per heavy atom. The van der Waals surface area contributed by atoms with Gasteiger partial charge in [-0.2, -0.15) is 0 Å². The van der Waals surface area contributed by atoms with Crippen LogP contribution < -0.4 is 11.1 Å². The zero-order valence-corrected chi connectivity index (χ0v) is 15.4. The number of aryl methyl sites for hydroxylation is 1. The van der Waals surface area contributed by atoms with Crippen molar-refractivity contribution in [1.29, 1.82) is 0 Å². The predicted molar refractivity (Wildman–Crippen MR) is 106 cm³/mol. The first kappa shape index (κ1) is 16.9. The molecule has 0 aliphatic heterocycles. The molecule has 5 heteroatoms. The third kappa shape index (κ3) is 3.26. The lowest BCUT2D eigenvalue weighted by atomic mass is 9.78. The molecule has 2 heterocycles. The molecule has 0 radical (unpaired) electrons. The van der Waals surface area contributed by atoms with Crippen molar-refractivity contribution < 1.29 is 0 Å². The fourth-order valence-corrected chi connectivity index (χ4v) is 4.19. The van der Waals surface area contributed by atoms with Crippen molar-refractivity contribution in [3.63, 3.8) is 0 Å². The van der Waals surface area contributed by atoms with Gasteiger partial charge in [-0.3, -0.25) is 4.40 Å². The summed E-state index contributed by atoms with van der Waals surface area (Å²) in [6.07, 6.45) is 14.8. The maximum absolute atomic E-state index is 6.05. The third-order valence-corrected chi connectivity index (χ3v) is 5.72. The van der Waals surface area contributed by atoms with Gasteiger partial charge in [0.25, 0.3) is 0 Å². The smallest absolute Gasteiger partial charge is 0.167 e. The van der Waals surface area contributed by atoms with E-state index in [0.29, 0.717) is 11.7 Å². The number of aromatic nitrogens is 3. The number of rotatable bonds is 5. The molecule has 4 rings (SSSR count). The van der Waals surface area contributed by atoms with Gasteiger partial charge in [-0.05, 0) is 50.9 Å². The van der Waals surface area contributed by atoms with Crippen LogP contribution in [0.3, 0.4) is 0 Å². The Kier molecular flexibility index (Phi) is 4.53. The van der Waals surface area contributed by atoms with Crippen molar-refractivity contribution in [3.05, 3.63) is 54.2 Å². The van der Waals surface area contributed by atoms with E-state index in [2.05, 4.69) is 40.1 Å². The number of anilines is 1. The molecule has 1 fully saturated rings. The second-order valence-electron chi connectivity index (χ2n) is 7.56. The minimum Gasteiger partial charge on any atom is -0.385 e. The molecule has 0 saturated heterocycles. The number of nitrogens with zero attached hydrogens (tertiary/aromatic N) is 3. The first-order chi connectivity index (χ1) is 12.6. The second kappa shape index (κ2) is 6.98. The molecular formula is C21H27N5. The van der Waals surface area contributed by atoms with Crippen LogP contribution in [0.5, 0.6) is 0 Å². The van der Waals surface area contributed by atoms with Crippen LogP contribution in [0.2, 0.25) is 0 Å². The average Bonchev–Trinajstić information content (AvgIpc) is 3.30. The predicted octanol–water partition coefficient (Wildman–Crippen LogP) is 3.87. The van der Waals surface area contributed by atoms with Crippen molar-refractivity contribution in [2.75, 3.05) is 12.3 Å². The molecule has 0 amide bonds. The van der Waals surface area contributed by atoms with Gasteiger partial charge in [-0.25, -0.2) is 9.97 Å². The Labute approximate surface area is 154 Å². The highest BCUT2D eigenvalue weighted by molar-refractivity contribution is 5.71. The van der Waals surface area contributed by atoms with Crippen molar-refractivity contribution in [3.8, 4) is 0 Å². The van der Waals surface area contributed by atoms with E-state index in [4.69, 9.17) is 5.73 Å². The van der Waals surface area contributed by atoms with E-state index in [9.17, 15) is 0 Å². The molecule has 2 aliphatic carbocycles. The number of hydrogen-bond acceptors (Lipinski definition) is 4. The van der Waals surface area contributed by atoms with Crippen LogP contribution in [0.1, 0.15) is 43.5 Å². The van der Waals surface area contributed by atoms with Gasteiger partial charge in [0.2, 0.25) is 0 Å². The first-order valence-corrected chi connectivity index (χ1v) is 9.50. The minimum absolute atomic E-state index is 0.646. The Balaban J connectivity index is 1.35. The van der Waals surface area contributed by atoms with Crippen LogP contribution >= 0.6 is 0 Å². The summed E-state index contributed by atoms with van der Waals surface area (Å²) in [5.74, 6) is 2.14. The normalized spacial score (nSPS) is 22.6. The Bertz CT molecular complexity index is 881. The van der Waals surface area contributed by atoms with E-state index in [1.165, 1.54) is 25.7 Å². The maximum Gasteiger partial charge on any atom is 0.167 e. The molecule has 2 aromatic heterocycles. The third-order valence-electron chi connectivity index (χ3n) is 5.72. The molecular weight excluding hydrogens is 322 g/mol. The molecule has 0 aromatic carbocycles. The van der Waals surface area contributed by atoms with Crippen molar-refractivity contribution in [1.82, 2.24) is 19.7 Å². The summed E-state index contributed by atoms with van der Waals surface area (Å²) in [4.78, 5) is 9.04. The van der Waals surface area contributed by atoms with Gasteiger partial charge in [-0.15, -0.1) is 0 Å². The molecule has 26 heavy (non-hydrogen) atoms. The molecule has 2 aromatic rings. The quantitative estimate of drug-likeness (QED) is 0.860. The largest absolute Gasteiger partial charge is 0.385 e. The van der Waals surface area contributed by atoms with E-state index in [-0.39, 0.29) is 0 Å². The number of imidazole rings is 1. The highest BCUT2D eigenvalue weighted by Crippen LogP contribution is 2.36. The summed E-state index contributed by atoms with van der Waals surface area (Å²) < 4.78 is 1.81. The van der Waals surface area contributed by atoms with Gasteiger partial charge < -0.3 is 11.1 Å². The molecule has 3 N–H and O–H groups in total. The fourth-order valence-electron chi connectivity index (χ4n) is 4.19. The van der Waals surface area contributed by atoms with E-state index < -0.39 is 0 Å². The highest BCUT2D eigenvalue weighted by Gasteiger charge is 2.24. The molecule has 1 saturated carbocycles. The number of fused-ring (bicyclic) bond motifs is 1. The topological polar surface area (TPSA) is 68.2 Å². The van der Waals surface area contributed by atoms with E-state index >= 15 is 0 Å². The molecule has 5 nitrogen and oxygen atoms in total. The minimum atomic E-state index is 0.646. The summed E-state index contributed by atoms with van der Waals surface area (Å²) >= 11 is 0. The Morgan fingerprint density at radius 1 is 1.35 bits per heavy atom. The Hall–Kier alpha value is -2.56. The molecule has 0 bridgehead atoms. The molecule has 0 unspecified atom stereocenters. The Morgan fingerprint density at radius 3 is 2.88 bits per heavy atom. The van der Waals surface area contributed by atoms with Crippen LogP contribution in [-0.4, -0.2) is 20.9 Å². The lowest BCUT2D eigenvalue weighted by Gasteiger charge is -2.30. The standard InChI is InChI=1S/C21H27N5/c1-14-11-19(22)26-13-24-20(21(26)25-14)15(2)23-12-16-7-9-18(10-8-16)17-5-3-4-6-17/h3-5,11,13,16,18,23H,2,6-10,12,22H2,1H3. The molecule has 0 spiro atoms. The van der Waals surface area contributed by atoms with E-state index in [0.717, 1.165) is 41.6 Å². The maximum atomic E-state index is 6.05. The summed E-state index contributed by atoms with van der Waals surface area (Å²) in [7, 11) is 0. The fraction of sp³-hybridized carbons (Fsp3) is 0.429. The molecule has 2 aliphatic rings. The van der Waals surface area contributed by atoms with Gasteiger partial charge in [0.05, 0.1) is 5.70 Å². The summed E-state index contributed by atoms with van der Waals surface area (Å²) in [5, 5.41) is 3.49. The summed E-state index contributed by atoms with van der Waals surface area (Å²) in [6.45, 7) is 7.07. The van der Waals surface area contributed by atoms with E-state index in [1.54, 1.807) is 11.9 Å². The van der Waals surface area contributed by atoms with E-state index in [1.807, 2.05) is 17.4 Å². The van der Waals surface area contributed by atoms with Gasteiger partial charge in [0.15, 0.2) is 5.65 Å². The average molecular weight is 349 g/mol. The zero-order valence-electron chi connectivity index (χ0n) is 15.4. The number of nitrogens with one attached hydrogen (secondary N) is 1.